The Hall–Kier alpha value is -0.0800. The van der Waals surface area contributed by atoms with Crippen molar-refractivity contribution in [2.24, 2.45) is 5.92 Å². The molecule has 0 radical (unpaired) electrons. The van der Waals surface area contributed by atoms with Crippen molar-refractivity contribution in [2.45, 2.75) is 59.1 Å². The van der Waals surface area contributed by atoms with Crippen LogP contribution in [0.15, 0.2) is 0 Å². The predicted octanol–water partition coefficient (Wildman–Crippen LogP) is 2.92. The first-order valence-corrected chi connectivity index (χ1v) is 6.63. The zero-order chi connectivity index (χ0) is 11.3. The molecule has 0 N–H and O–H groups in total. The van der Waals surface area contributed by atoms with E-state index in [1.807, 2.05) is 13.8 Å². The molecule has 2 unspecified atom stereocenters. The molecule has 0 spiro atoms. The highest BCUT2D eigenvalue weighted by Crippen LogP contribution is 2.24. The summed E-state index contributed by atoms with van der Waals surface area (Å²) in [6, 6.07) is 0.740. The van der Waals surface area contributed by atoms with Crippen LogP contribution in [0.5, 0.6) is 0 Å². The number of rotatable bonds is 1. The Bertz CT molecular complexity index is 170. The lowest BCUT2D eigenvalue weighted by Gasteiger charge is -2.43. The maximum atomic E-state index is 5.87. The Morgan fingerprint density at radius 1 is 1.20 bits per heavy atom. The van der Waals surface area contributed by atoms with Crippen molar-refractivity contribution in [3.63, 3.8) is 0 Å². The molecule has 2 heterocycles. The van der Waals surface area contributed by atoms with Gasteiger partial charge in [0.2, 0.25) is 0 Å². The summed E-state index contributed by atoms with van der Waals surface area (Å²) in [5.74, 6) is 0.669. The largest absolute Gasteiger partial charge is 0.375 e. The lowest BCUT2D eigenvalue weighted by atomic mass is 9.97. The van der Waals surface area contributed by atoms with E-state index in [0.717, 1.165) is 12.6 Å². The second kappa shape index (κ2) is 6.49. The van der Waals surface area contributed by atoms with Crippen LogP contribution in [0.2, 0.25) is 0 Å². The monoisotopic (exact) mass is 213 g/mol. The first kappa shape index (κ1) is 13.0. The van der Waals surface area contributed by atoms with Gasteiger partial charge in [-0.05, 0) is 25.3 Å². The lowest BCUT2D eigenvalue weighted by Crippen LogP contribution is -2.52. The van der Waals surface area contributed by atoms with E-state index in [4.69, 9.17) is 4.74 Å². The molecule has 15 heavy (non-hydrogen) atoms. The first-order chi connectivity index (χ1) is 7.27. The Labute approximate surface area is 95.0 Å². The average molecular weight is 213 g/mol. The van der Waals surface area contributed by atoms with Crippen molar-refractivity contribution < 1.29 is 4.74 Å². The maximum absolute atomic E-state index is 5.87. The third-order valence-electron chi connectivity index (χ3n) is 3.41. The van der Waals surface area contributed by atoms with Gasteiger partial charge in [-0.2, -0.15) is 0 Å². The smallest absolute Gasteiger partial charge is 0.0725 e. The van der Waals surface area contributed by atoms with Crippen LogP contribution in [0.4, 0.5) is 0 Å². The van der Waals surface area contributed by atoms with Gasteiger partial charge < -0.3 is 4.74 Å². The van der Waals surface area contributed by atoms with Gasteiger partial charge in [-0.15, -0.1) is 0 Å². The second-order valence-electron chi connectivity index (χ2n) is 4.76. The molecular formula is C13H27NO. The molecule has 2 saturated heterocycles. The van der Waals surface area contributed by atoms with Crippen molar-refractivity contribution in [3.8, 4) is 0 Å². The zero-order valence-electron chi connectivity index (χ0n) is 10.8. The van der Waals surface area contributed by atoms with Gasteiger partial charge in [0.25, 0.3) is 0 Å². The fourth-order valence-electron chi connectivity index (χ4n) is 2.41. The molecule has 90 valence electrons. The van der Waals surface area contributed by atoms with Crippen LogP contribution in [0.3, 0.4) is 0 Å². The average Bonchev–Trinajstić information content (AvgIpc) is 2.31. The molecule has 0 aromatic carbocycles. The number of hydrogen-bond acceptors (Lipinski definition) is 2. The van der Waals surface area contributed by atoms with E-state index in [2.05, 4.69) is 18.7 Å². The van der Waals surface area contributed by atoms with E-state index in [-0.39, 0.29) is 0 Å². The summed E-state index contributed by atoms with van der Waals surface area (Å²) >= 11 is 0. The van der Waals surface area contributed by atoms with Crippen molar-refractivity contribution in [2.75, 3.05) is 19.7 Å². The molecule has 2 aliphatic rings. The van der Waals surface area contributed by atoms with Gasteiger partial charge in [0, 0.05) is 12.6 Å². The summed E-state index contributed by atoms with van der Waals surface area (Å²) in [6.07, 6.45) is 4.62. The van der Waals surface area contributed by atoms with Gasteiger partial charge >= 0.3 is 0 Å². The Kier molecular flexibility index (Phi) is 5.62. The van der Waals surface area contributed by atoms with Gasteiger partial charge in [0.1, 0.15) is 0 Å². The van der Waals surface area contributed by atoms with Gasteiger partial charge in [-0.3, -0.25) is 4.90 Å². The Morgan fingerprint density at radius 3 is 2.60 bits per heavy atom. The normalized spacial score (nSPS) is 31.8. The van der Waals surface area contributed by atoms with Gasteiger partial charge in [0.05, 0.1) is 12.7 Å². The van der Waals surface area contributed by atoms with Crippen LogP contribution < -0.4 is 0 Å². The van der Waals surface area contributed by atoms with E-state index in [1.165, 1.54) is 32.4 Å². The zero-order valence-corrected chi connectivity index (χ0v) is 10.8. The number of fused-ring (bicyclic) bond motifs is 1. The van der Waals surface area contributed by atoms with Crippen LogP contribution in [0.1, 0.15) is 47.0 Å². The predicted molar refractivity (Wildman–Crippen MR) is 65.1 cm³/mol. The summed E-state index contributed by atoms with van der Waals surface area (Å²) < 4.78 is 5.87. The third-order valence-corrected chi connectivity index (χ3v) is 3.41. The second-order valence-corrected chi connectivity index (χ2v) is 4.76. The molecule has 0 saturated carbocycles. The SMILES string of the molecule is CC.CC(C)C1CN2CCCCC2CO1. The van der Waals surface area contributed by atoms with Crippen LogP contribution in [0.25, 0.3) is 0 Å². The summed E-state index contributed by atoms with van der Waals surface area (Å²) in [4.78, 5) is 2.64. The highest BCUT2D eigenvalue weighted by atomic mass is 16.5. The lowest BCUT2D eigenvalue weighted by molar-refractivity contribution is -0.0915. The van der Waals surface area contributed by atoms with E-state index < -0.39 is 0 Å². The fraction of sp³-hybridized carbons (Fsp3) is 1.00. The molecule has 0 aromatic rings. The van der Waals surface area contributed by atoms with Crippen LogP contribution in [-0.2, 0) is 4.74 Å². The minimum Gasteiger partial charge on any atom is -0.375 e. The van der Waals surface area contributed by atoms with Crippen molar-refractivity contribution in [1.82, 2.24) is 4.90 Å². The number of piperidine rings is 1. The molecule has 2 heteroatoms. The summed E-state index contributed by atoms with van der Waals surface area (Å²) in [6.45, 7) is 12.0. The number of nitrogens with zero attached hydrogens (tertiary/aromatic N) is 1. The molecule has 0 aromatic heterocycles. The van der Waals surface area contributed by atoms with E-state index >= 15 is 0 Å². The fourth-order valence-corrected chi connectivity index (χ4v) is 2.41. The van der Waals surface area contributed by atoms with E-state index in [0.29, 0.717) is 12.0 Å². The van der Waals surface area contributed by atoms with Crippen molar-refractivity contribution in [3.05, 3.63) is 0 Å². The van der Waals surface area contributed by atoms with E-state index in [1.54, 1.807) is 0 Å². The quantitative estimate of drug-likeness (QED) is 0.664. The van der Waals surface area contributed by atoms with Gasteiger partial charge in [-0.1, -0.05) is 34.1 Å². The first-order valence-electron chi connectivity index (χ1n) is 6.63. The van der Waals surface area contributed by atoms with Crippen LogP contribution in [-0.4, -0.2) is 36.7 Å². The Balaban J connectivity index is 0.000000531. The summed E-state index contributed by atoms with van der Waals surface area (Å²) in [7, 11) is 0. The minimum absolute atomic E-state index is 0.481. The molecule has 0 amide bonds. The van der Waals surface area contributed by atoms with Gasteiger partial charge in [0.15, 0.2) is 0 Å². The number of ether oxygens (including phenoxy) is 1. The molecule has 0 bridgehead atoms. The molecule has 2 aliphatic heterocycles. The Morgan fingerprint density at radius 2 is 1.93 bits per heavy atom. The standard InChI is InChI=1S/C11H21NO.C2H6/c1-9(2)11-7-12-6-4-3-5-10(12)8-13-11;1-2/h9-11H,3-8H2,1-2H3;1-2H3. The van der Waals surface area contributed by atoms with Crippen LogP contribution >= 0.6 is 0 Å². The summed E-state index contributed by atoms with van der Waals surface area (Å²) in [5.41, 5.74) is 0. The van der Waals surface area contributed by atoms with E-state index in [9.17, 15) is 0 Å². The summed E-state index contributed by atoms with van der Waals surface area (Å²) in [5, 5.41) is 0. The molecule has 2 nitrogen and oxygen atoms in total. The molecule has 2 atom stereocenters. The third kappa shape index (κ3) is 3.46. The highest BCUT2D eigenvalue weighted by Gasteiger charge is 2.31. The molecule has 2 fully saturated rings. The maximum Gasteiger partial charge on any atom is 0.0725 e. The highest BCUT2D eigenvalue weighted by molar-refractivity contribution is 4.84. The number of hydrogen-bond donors (Lipinski definition) is 0. The minimum atomic E-state index is 0.481. The molecule has 0 aliphatic carbocycles. The number of morpholine rings is 1. The van der Waals surface area contributed by atoms with Crippen molar-refractivity contribution in [1.29, 1.82) is 0 Å². The topological polar surface area (TPSA) is 12.5 Å². The van der Waals surface area contributed by atoms with Crippen LogP contribution in [0, 0.1) is 5.92 Å². The van der Waals surface area contributed by atoms with Gasteiger partial charge in [-0.25, -0.2) is 0 Å². The molecule has 2 rings (SSSR count). The molecular weight excluding hydrogens is 186 g/mol. The van der Waals surface area contributed by atoms with Crippen molar-refractivity contribution >= 4 is 0 Å².